The second-order valence-corrected chi connectivity index (χ2v) is 7.85. The van der Waals surface area contributed by atoms with Gasteiger partial charge in [0.1, 0.15) is 11.6 Å². The smallest absolute Gasteiger partial charge is 0.261 e. The quantitative estimate of drug-likeness (QED) is 0.601. The highest BCUT2D eigenvalue weighted by molar-refractivity contribution is 5.79. The summed E-state index contributed by atoms with van der Waals surface area (Å²) in [5.74, 6) is 6.59. The van der Waals surface area contributed by atoms with E-state index in [0.29, 0.717) is 29.1 Å². The Bertz CT molecular complexity index is 1200. The van der Waals surface area contributed by atoms with Crippen LogP contribution in [-0.2, 0) is 13.0 Å². The third-order valence-electron chi connectivity index (χ3n) is 6.03. The molecule has 0 bridgehead atoms. The molecule has 0 radical (unpaired) electrons. The van der Waals surface area contributed by atoms with Crippen molar-refractivity contribution in [3.8, 4) is 11.8 Å². The van der Waals surface area contributed by atoms with Crippen molar-refractivity contribution < 1.29 is 4.39 Å². The van der Waals surface area contributed by atoms with Gasteiger partial charge in [0.2, 0.25) is 0 Å². The van der Waals surface area contributed by atoms with Crippen LogP contribution in [0.4, 0.5) is 4.39 Å². The maximum atomic E-state index is 13.3. The van der Waals surface area contributed by atoms with Crippen LogP contribution in [0.2, 0.25) is 0 Å². The van der Waals surface area contributed by atoms with Crippen molar-refractivity contribution in [2.45, 2.75) is 38.3 Å². The van der Waals surface area contributed by atoms with E-state index in [1.54, 1.807) is 12.1 Å². The minimum atomic E-state index is -0.302. The first-order chi connectivity index (χ1) is 14.2. The molecule has 5 heteroatoms. The first-order valence-corrected chi connectivity index (χ1v) is 10.2. The number of aromatic nitrogens is 2. The second-order valence-electron chi connectivity index (χ2n) is 7.85. The average Bonchev–Trinajstić information content (AvgIpc) is 2.88. The van der Waals surface area contributed by atoms with Gasteiger partial charge in [0.15, 0.2) is 0 Å². The molecule has 1 aliphatic carbocycles. The average molecular weight is 387 g/mol. The molecule has 3 aromatic rings. The molecule has 2 aromatic carbocycles. The molecule has 2 aliphatic rings. The minimum Gasteiger partial charge on any atom is -0.298 e. The van der Waals surface area contributed by atoms with Crippen LogP contribution in [0.5, 0.6) is 0 Å². The molecule has 146 valence electrons. The summed E-state index contributed by atoms with van der Waals surface area (Å²) in [5, 5.41) is 0.627. The van der Waals surface area contributed by atoms with Crippen molar-refractivity contribution in [2.75, 3.05) is 13.1 Å². The third-order valence-corrected chi connectivity index (χ3v) is 6.03. The fourth-order valence-electron chi connectivity index (χ4n) is 4.18. The van der Waals surface area contributed by atoms with Crippen molar-refractivity contribution in [2.24, 2.45) is 0 Å². The molecule has 1 fully saturated rings. The zero-order chi connectivity index (χ0) is 19.8. The Morgan fingerprint density at radius 2 is 1.83 bits per heavy atom. The van der Waals surface area contributed by atoms with E-state index in [9.17, 15) is 9.18 Å². The van der Waals surface area contributed by atoms with Gasteiger partial charge in [0.05, 0.1) is 10.9 Å². The van der Waals surface area contributed by atoms with Crippen molar-refractivity contribution >= 4 is 10.9 Å². The summed E-state index contributed by atoms with van der Waals surface area (Å²) >= 11 is 0. The van der Waals surface area contributed by atoms with Gasteiger partial charge in [-0.3, -0.25) is 14.3 Å². The van der Waals surface area contributed by atoms with Crippen LogP contribution >= 0.6 is 0 Å². The summed E-state index contributed by atoms with van der Waals surface area (Å²) in [6.45, 7) is 2.58. The largest absolute Gasteiger partial charge is 0.298 e. The van der Waals surface area contributed by atoms with E-state index in [4.69, 9.17) is 4.98 Å². The van der Waals surface area contributed by atoms with Crippen LogP contribution in [0.25, 0.3) is 10.9 Å². The number of hydrogen-bond donors (Lipinski definition) is 0. The summed E-state index contributed by atoms with van der Waals surface area (Å²) in [5.41, 5.74) is 2.11. The third kappa shape index (κ3) is 3.56. The summed E-state index contributed by atoms with van der Waals surface area (Å²) < 4.78 is 15.2. The van der Waals surface area contributed by atoms with Gasteiger partial charge in [0.25, 0.3) is 5.56 Å². The molecule has 1 aromatic heterocycles. The van der Waals surface area contributed by atoms with Gasteiger partial charge in [-0.05, 0) is 49.2 Å². The Balaban J connectivity index is 1.47. The van der Waals surface area contributed by atoms with Gasteiger partial charge in [-0.1, -0.05) is 24.3 Å². The Kier molecular flexibility index (Phi) is 4.65. The van der Waals surface area contributed by atoms with Gasteiger partial charge in [-0.2, -0.15) is 0 Å². The maximum Gasteiger partial charge on any atom is 0.261 e. The summed E-state index contributed by atoms with van der Waals surface area (Å²) in [4.78, 5) is 20.4. The molecule has 0 spiro atoms. The van der Waals surface area contributed by atoms with E-state index < -0.39 is 0 Å². The highest BCUT2D eigenvalue weighted by atomic mass is 19.1. The molecule has 5 rings (SSSR count). The predicted molar refractivity (Wildman–Crippen MR) is 111 cm³/mol. The number of nitrogens with zero attached hydrogens (tertiary/aromatic N) is 3. The number of halogens is 1. The van der Waals surface area contributed by atoms with Crippen LogP contribution in [0.15, 0.2) is 47.3 Å². The van der Waals surface area contributed by atoms with Crippen molar-refractivity contribution in [1.29, 1.82) is 0 Å². The SMILES string of the molecule is O=c1c2ccc(C#Cc3cccc(F)c3)cc2nc2n1CCN(C1CCC1)CC2. The molecule has 0 amide bonds. The number of rotatable bonds is 1. The Hall–Kier alpha value is -2.97. The molecule has 0 unspecified atom stereocenters. The lowest BCUT2D eigenvalue weighted by atomic mass is 9.91. The molecule has 0 N–H and O–H groups in total. The van der Waals surface area contributed by atoms with E-state index in [-0.39, 0.29) is 11.4 Å². The highest BCUT2D eigenvalue weighted by Gasteiger charge is 2.27. The molecule has 4 nitrogen and oxygen atoms in total. The molecule has 0 saturated heterocycles. The number of hydrogen-bond acceptors (Lipinski definition) is 3. The topological polar surface area (TPSA) is 38.1 Å². The first-order valence-electron chi connectivity index (χ1n) is 10.2. The standard InChI is InChI=1S/C24H22FN3O/c25-19-4-1-3-17(15-19)7-8-18-9-10-21-22(16-18)26-23-11-12-27(20-5-2-6-20)13-14-28(23)24(21)29/h1,3-4,9-10,15-16,20H,2,5-6,11-14H2. The number of fused-ring (bicyclic) bond motifs is 2. The van der Waals surface area contributed by atoms with Crippen LogP contribution in [0.3, 0.4) is 0 Å². The van der Waals surface area contributed by atoms with E-state index in [1.165, 1.54) is 31.4 Å². The summed E-state index contributed by atoms with van der Waals surface area (Å²) in [6.07, 6.45) is 4.65. The van der Waals surface area contributed by atoms with Crippen LogP contribution in [-0.4, -0.2) is 33.6 Å². The number of benzene rings is 2. The van der Waals surface area contributed by atoms with Gasteiger partial charge in [-0.15, -0.1) is 0 Å². The minimum absolute atomic E-state index is 0.0325. The van der Waals surface area contributed by atoms with Crippen LogP contribution < -0.4 is 5.56 Å². The Labute approximate surface area is 169 Å². The van der Waals surface area contributed by atoms with Crippen LogP contribution in [0.1, 0.15) is 36.2 Å². The van der Waals surface area contributed by atoms with Gasteiger partial charge in [0, 0.05) is 43.2 Å². The lowest BCUT2D eigenvalue weighted by Gasteiger charge is -2.36. The lowest BCUT2D eigenvalue weighted by Crippen LogP contribution is -2.41. The fourth-order valence-corrected chi connectivity index (χ4v) is 4.18. The Morgan fingerprint density at radius 1 is 1.00 bits per heavy atom. The van der Waals surface area contributed by atoms with Crippen molar-refractivity contribution in [3.05, 3.63) is 75.6 Å². The molecule has 1 saturated carbocycles. The second kappa shape index (κ2) is 7.46. The molecular weight excluding hydrogens is 365 g/mol. The van der Waals surface area contributed by atoms with E-state index in [0.717, 1.165) is 30.9 Å². The molecule has 2 heterocycles. The zero-order valence-corrected chi connectivity index (χ0v) is 16.2. The maximum absolute atomic E-state index is 13.3. The summed E-state index contributed by atoms with van der Waals surface area (Å²) in [6, 6.07) is 12.4. The summed E-state index contributed by atoms with van der Waals surface area (Å²) in [7, 11) is 0. The van der Waals surface area contributed by atoms with Gasteiger partial charge in [-0.25, -0.2) is 9.37 Å². The van der Waals surface area contributed by atoms with Crippen molar-refractivity contribution in [3.63, 3.8) is 0 Å². The van der Waals surface area contributed by atoms with E-state index >= 15 is 0 Å². The lowest BCUT2D eigenvalue weighted by molar-refractivity contribution is 0.130. The fraction of sp³-hybridized carbons (Fsp3) is 0.333. The normalized spacial score (nSPS) is 17.1. The van der Waals surface area contributed by atoms with Gasteiger partial charge >= 0.3 is 0 Å². The zero-order valence-electron chi connectivity index (χ0n) is 16.2. The van der Waals surface area contributed by atoms with E-state index in [2.05, 4.69) is 16.7 Å². The molecular formula is C24H22FN3O. The van der Waals surface area contributed by atoms with E-state index in [1.807, 2.05) is 22.8 Å². The highest BCUT2D eigenvalue weighted by Crippen LogP contribution is 2.26. The van der Waals surface area contributed by atoms with Gasteiger partial charge < -0.3 is 0 Å². The monoisotopic (exact) mass is 387 g/mol. The molecule has 29 heavy (non-hydrogen) atoms. The first kappa shape index (κ1) is 18.1. The Morgan fingerprint density at radius 3 is 2.59 bits per heavy atom. The predicted octanol–water partition coefficient (Wildman–Crippen LogP) is 3.35. The van der Waals surface area contributed by atoms with Crippen LogP contribution in [0, 0.1) is 17.7 Å². The molecule has 1 aliphatic heterocycles. The molecule has 0 atom stereocenters. The van der Waals surface area contributed by atoms with Crippen molar-refractivity contribution in [1.82, 2.24) is 14.5 Å².